The molecule has 0 heterocycles. The third kappa shape index (κ3) is 41.0. The molecular formula is C46H86O5. The van der Waals surface area contributed by atoms with E-state index < -0.39 is 6.10 Å². The maximum absolute atomic E-state index is 12.2. The summed E-state index contributed by atoms with van der Waals surface area (Å²) in [5.41, 5.74) is 0. The number of ether oxygens (including phenoxy) is 2. The molecular weight excluding hydrogens is 633 g/mol. The molecule has 0 amide bonds. The fraction of sp³-hybridized carbons (Fsp3) is 0.870. The highest BCUT2D eigenvalue weighted by Crippen LogP contribution is 2.15. The van der Waals surface area contributed by atoms with Crippen LogP contribution in [0.1, 0.15) is 239 Å². The first-order chi connectivity index (χ1) is 25.1. The number of aliphatic hydroxyl groups is 1. The van der Waals surface area contributed by atoms with Gasteiger partial charge < -0.3 is 14.6 Å². The highest BCUT2D eigenvalue weighted by Gasteiger charge is 2.16. The third-order valence-corrected chi connectivity index (χ3v) is 9.98. The second-order valence-corrected chi connectivity index (χ2v) is 15.1. The van der Waals surface area contributed by atoms with Crippen LogP contribution in [0.5, 0.6) is 0 Å². The van der Waals surface area contributed by atoms with Crippen molar-refractivity contribution in [1.29, 1.82) is 0 Å². The first-order valence-electron chi connectivity index (χ1n) is 22.4. The molecule has 0 fully saturated rings. The number of hydrogen-bond acceptors (Lipinski definition) is 5. The minimum Gasteiger partial charge on any atom is -0.462 e. The van der Waals surface area contributed by atoms with Gasteiger partial charge in [0.25, 0.3) is 0 Å². The van der Waals surface area contributed by atoms with E-state index in [1.54, 1.807) is 0 Å². The lowest BCUT2D eigenvalue weighted by Gasteiger charge is -2.15. The van der Waals surface area contributed by atoms with Gasteiger partial charge in [-0.3, -0.25) is 9.59 Å². The molecule has 1 N–H and O–H groups in total. The first-order valence-corrected chi connectivity index (χ1v) is 22.4. The Hall–Kier alpha value is -1.62. The van der Waals surface area contributed by atoms with Crippen LogP contribution < -0.4 is 0 Å². The summed E-state index contributed by atoms with van der Waals surface area (Å²) < 4.78 is 10.6. The topological polar surface area (TPSA) is 72.8 Å². The van der Waals surface area contributed by atoms with Crippen LogP contribution in [-0.2, 0) is 19.1 Å². The summed E-state index contributed by atoms with van der Waals surface area (Å²) in [5, 5.41) is 9.57. The summed E-state index contributed by atoms with van der Waals surface area (Å²) in [6, 6.07) is 0. The molecule has 51 heavy (non-hydrogen) atoms. The molecule has 0 aliphatic carbocycles. The molecule has 0 aromatic carbocycles. The average molecular weight is 719 g/mol. The van der Waals surface area contributed by atoms with Crippen molar-refractivity contribution in [1.82, 2.24) is 0 Å². The molecule has 0 saturated carbocycles. The van der Waals surface area contributed by atoms with Crippen LogP contribution in [0.15, 0.2) is 24.3 Å². The van der Waals surface area contributed by atoms with Crippen molar-refractivity contribution in [2.24, 2.45) is 0 Å². The van der Waals surface area contributed by atoms with E-state index in [0.29, 0.717) is 12.8 Å². The van der Waals surface area contributed by atoms with Crippen molar-refractivity contribution in [3.63, 3.8) is 0 Å². The van der Waals surface area contributed by atoms with Gasteiger partial charge in [-0.25, -0.2) is 0 Å². The average Bonchev–Trinajstić information content (AvgIpc) is 3.13. The molecule has 1 atom stereocenters. The highest BCUT2D eigenvalue weighted by molar-refractivity contribution is 5.70. The minimum atomic E-state index is -0.782. The predicted molar refractivity (Wildman–Crippen MR) is 219 cm³/mol. The molecule has 5 nitrogen and oxygen atoms in total. The highest BCUT2D eigenvalue weighted by atomic mass is 16.6. The van der Waals surface area contributed by atoms with E-state index in [1.165, 1.54) is 167 Å². The largest absolute Gasteiger partial charge is 0.462 e. The van der Waals surface area contributed by atoms with Crippen LogP contribution in [0.25, 0.3) is 0 Å². The first kappa shape index (κ1) is 49.4. The van der Waals surface area contributed by atoms with E-state index >= 15 is 0 Å². The Morgan fingerprint density at radius 1 is 0.431 bits per heavy atom. The lowest BCUT2D eigenvalue weighted by Crippen LogP contribution is -2.28. The SMILES string of the molecule is CCCCCCCCCCCCCCCC/C=C/CC/C=C/CCCC(=O)OC[C@H](CO)OC(=O)CCCCCCCCCCCCCCCC. The number of unbranched alkanes of at least 4 members (excludes halogenated alkanes) is 29. The molecule has 300 valence electrons. The lowest BCUT2D eigenvalue weighted by atomic mass is 10.0. The number of allylic oxidation sites excluding steroid dienone is 4. The van der Waals surface area contributed by atoms with Gasteiger partial charge in [0.15, 0.2) is 6.10 Å². The van der Waals surface area contributed by atoms with E-state index in [-0.39, 0.29) is 25.2 Å². The Bertz CT molecular complexity index is 776. The fourth-order valence-corrected chi connectivity index (χ4v) is 6.58. The third-order valence-electron chi connectivity index (χ3n) is 9.98. The van der Waals surface area contributed by atoms with Crippen molar-refractivity contribution in [2.45, 2.75) is 245 Å². The molecule has 0 spiro atoms. The molecule has 0 aromatic heterocycles. The molecule has 0 saturated heterocycles. The Kier molecular flexibility index (Phi) is 41.4. The van der Waals surface area contributed by atoms with E-state index in [9.17, 15) is 14.7 Å². The van der Waals surface area contributed by atoms with Crippen molar-refractivity contribution in [3.05, 3.63) is 24.3 Å². The van der Waals surface area contributed by atoms with Crippen molar-refractivity contribution in [2.75, 3.05) is 13.2 Å². The Morgan fingerprint density at radius 3 is 1.18 bits per heavy atom. The molecule has 0 aromatic rings. The molecule has 0 rings (SSSR count). The Morgan fingerprint density at radius 2 is 0.765 bits per heavy atom. The van der Waals surface area contributed by atoms with Gasteiger partial charge in [0.2, 0.25) is 0 Å². The summed E-state index contributed by atoms with van der Waals surface area (Å²) in [7, 11) is 0. The zero-order chi connectivity index (χ0) is 37.1. The minimum absolute atomic E-state index is 0.0820. The predicted octanol–water partition coefficient (Wildman–Crippen LogP) is 14.2. The molecule has 5 heteroatoms. The van der Waals surface area contributed by atoms with Gasteiger partial charge in [-0.2, -0.15) is 0 Å². The quantitative estimate of drug-likeness (QED) is 0.0387. The van der Waals surface area contributed by atoms with Crippen LogP contribution in [-0.4, -0.2) is 36.4 Å². The second-order valence-electron chi connectivity index (χ2n) is 15.1. The number of carbonyl (C=O) groups is 2. The molecule has 0 unspecified atom stereocenters. The standard InChI is InChI=1S/C46H86O5/c1-3-5-7-9-11-13-15-17-19-20-21-22-23-24-25-26-27-29-30-32-34-36-38-40-45(48)50-43-44(42-47)51-46(49)41-39-37-35-33-31-28-18-16-14-12-10-8-6-4-2/h26-27,32,34,44,47H,3-25,28-31,33,35-43H2,1-2H3/b27-26+,34-32+/t44-/m0/s1. The maximum Gasteiger partial charge on any atom is 0.306 e. The van der Waals surface area contributed by atoms with Gasteiger partial charge in [-0.15, -0.1) is 0 Å². The van der Waals surface area contributed by atoms with Gasteiger partial charge >= 0.3 is 11.9 Å². The Balaban J connectivity index is 3.54. The molecule has 0 aliphatic heterocycles. The normalized spacial score (nSPS) is 12.3. The van der Waals surface area contributed by atoms with E-state index in [4.69, 9.17) is 9.47 Å². The van der Waals surface area contributed by atoms with Gasteiger partial charge in [-0.05, 0) is 44.9 Å². The summed E-state index contributed by atoms with van der Waals surface area (Å²) in [5.74, 6) is -0.630. The van der Waals surface area contributed by atoms with E-state index in [0.717, 1.165) is 44.9 Å². The number of esters is 2. The van der Waals surface area contributed by atoms with Gasteiger partial charge in [0.1, 0.15) is 6.61 Å². The Labute approximate surface area is 317 Å². The zero-order valence-corrected chi connectivity index (χ0v) is 34.1. The monoisotopic (exact) mass is 719 g/mol. The molecule has 0 bridgehead atoms. The van der Waals surface area contributed by atoms with Gasteiger partial charge in [0, 0.05) is 12.8 Å². The second kappa shape index (κ2) is 42.8. The smallest absolute Gasteiger partial charge is 0.306 e. The van der Waals surface area contributed by atoms with Crippen LogP contribution >= 0.6 is 0 Å². The molecule has 0 aliphatic rings. The number of rotatable bonds is 41. The summed E-state index contributed by atoms with van der Waals surface area (Å²) in [4.78, 5) is 24.3. The summed E-state index contributed by atoms with van der Waals surface area (Å²) >= 11 is 0. The summed E-state index contributed by atoms with van der Waals surface area (Å²) in [6.45, 7) is 4.13. The number of aliphatic hydroxyl groups excluding tert-OH is 1. The molecule has 0 radical (unpaired) electrons. The van der Waals surface area contributed by atoms with Crippen molar-refractivity contribution in [3.8, 4) is 0 Å². The summed E-state index contributed by atoms with van der Waals surface area (Å²) in [6.07, 6.45) is 51.2. The van der Waals surface area contributed by atoms with Crippen molar-refractivity contribution >= 4 is 11.9 Å². The van der Waals surface area contributed by atoms with Crippen LogP contribution in [0.2, 0.25) is 0 Å². The van der Waals surface area contributed by atoms with E-state index in [1.807, 2.05) is 0 Å². The number of carbonyl (C=O) groups excluding carboxylic acids is 2. The number of hydrogen-bond donors (Lipinski definition) is 1. The zero-order valence-electron chi connectivity index (χ0n) is 34.1. The van der Waals surface area contributed by atoms with Crippen LogP contribution in [0.3, 0.4) is 0 Å². The maximum atomic E-state index is 12.2. The lowest BCUT2D eigenvalue weighted by molar-refractivity contribution is -0.161. The van der Waals surface area contributed by atoms with Crippen LogP contribution in [0.4, 0.5) is 0 Å². The van der Waals surface area contributed by atoms with Gasteiger partial charge in [0.05, 0.1) is 6.61 Å². The van der Waals surface area contributed by atoms with Crippen molar-refractivity contribution < 1.29 is 24.2 Å². The fourth-order valence-electron chi connectivity index (χ4n) is 6.58. The van der Waals surface area contributed by atoms with Crippen LogP contribution in [0, 0.1) is 0 Å². The van der Waals surface area contributed by atoms with E-state index in [2.05, 4.69) is 38.2 Å². The van der Waals surface area contributed by atoms with Gasteiger partial charge in [-0.1, -0.05) is 205 Å².